The number of piperidine rings is 2. The molecule has 16 heteroatoms. The van der Waals surface area contributed by atoms with Gasteiger partial charge in [0, 0.05) is 75.2 Å². The molecule has 2 aromatic carbocycles. The van der Waals surface area contributed by atoms with Crippen molar-refractivity contribution >= 4 is 75.1 Å². The molecule has 52 heavy (non-hydrogen) atoms. The molecule has 7 rings (SSSR count). The average Bonchev–Trinajstić information content (AvgIpc) is 3.47. The van der Waals surface area contributed by atoms with Crippen molar-refractivity contribution in [1.29, 1.82) is 0 Å². The largest absolute Gasteiger partial charge is 0.483 e. The first-order chi connectivity index (χ1) is 25.1. The Bertz CT molecular complexity index is 2070. The molecular weight excluding hydrogens is 688 g/mol. The van der Waals surface area contributed by atoms with Crippen LogP contribution >= 0.6 is 11.6 Å². The number of rotatable bonds is 10. The molecule has 0 saturated carbocycles. The quantitative estimate of drug-likeness (QED) is 0.150. The highest BCUT2D eigenvalue weighted by Gasteiger charge is 2.32. The van der Waals surface area contributed by atoms with E-state index in [1.54, 1.807) is 24.2 Å². The number of hydrogen-bond acceptors (Lipinski definition) is 12. The highest BCUT2D eigenvalue weighted by atomic mass is 35.5. The molecule has 2 saturated heterocycles. The molecule has 5 N–H and O–H groups in total. The van der Waals surface area contributed by atoms with Crippen molar-refractivity contribution in [2.45, 2.75) is 37.8 Å². The zero-order valence-electron chi connectivity index (χ0n) is 29.1. The highest BCUT2D eigenvalue weighted by Crippen LogP contribution is 2.36. The van der Waals surface area contributed by atoms with Crippen LogP contribution in [0.25, 0.3) is 17.0 Å². The predicted octanol–water partition coefficient (Wildman–Crippen LogP) is 3.48. The third-order valence-electron chi connectivity index (χ3n) is 9.85. The molecule has 0 bridgehead atoms. The topological polar surface area (TPSA) is 179 Å². The Morgan fingerprint density at radius 1 is 1.15 bits per heavy atom. The number of nitrogens with zero attached hydrogens (tertiary/aromatic N) is 6. The summed E-state index contributed by atoms with van der Waals surface area (Å²) in [4.78, 5) is 49.1. The molecule has 272 valence electrons. The smallest absolute Gasteiger partial charge is 0.257 e. The molecule has 2 fully saturated rings. The van der Waals surface area contributed by atoms with Gasteiger partial charge in [0.15, 0.2) is 18.7 Å². The molecule has 4 aromatic rings. The van der Waals surface area contributed by atoms with Crippen LogP contribution in [0.15, 0.2) is 48.4 Å². The van der Waals surface area contributed by atoms with E-state index in [1.165, 1.54) is 7.05 Å². The highest BCUT2D eigenvalue weighted by molar-refractivity contribution is 6.32. The van der Waals surface area contributed by atoms with Crippen LogP contribution in [-0.2, 0) is 26.2 Å². The zero-order chi connectivity index (χ0) is 36.5. The van der Waals surface area contributed by atoms with Crippen LogP contribution in [0.5, 0.6) is 0 Å². The van der Waals surface area contributed by atoms with Gasteiger partial charge in [-0.1, -0.05) is 11.6 Å². The fraction of sp³-hybridized carbons (Fsp3) is 0.389. The van der Waals surface area contributed by atoms with Crippen LogP contribution < -0.4 is 31.1 Å². The number of carbonyl (C=O) groups excluding carboxylic acids is 3. The number of imide groups is 1. The lowest BCUT2D eigenvalue weighted by molar-refractivity contribution is -0.134. The van der Waals surface area contributed by atoms with Gasteiger partial charge in [-0.15, -0.1) is 0 Å². The first kappa shape index (κ1) is 35.0. The second-order valence-corrected chi connectivity index (χ2v) is 13.7. The molecule has 3 aliphatic heterocycles. The minimum absolute atomic E-state index is 0.207. The van der Waals surface area contributed by atoms with Gasteiger partial charge in [-0.3, -0.25) is 24.4 Å². The number of aliphatic hydroxyl groups is 1. The Kier molecular flexibility index (Phi) is 9.88. The molecule has 3 amide bonds. The summed E-state index contributed by atoms with van der Waals surface area (Å²) in [6.45, 7) is 2.23. The number of ether oxygens (including phenoxy) is 1. The Morgan fingerprint density at radius 3 is 2.81 bits per heavy atom. The van der Waals surface area contributed by atoms with Crippen LogP contribution in [0.2, 0.25) is 5.02 Å². The van der Waals surface area contributed by atoms with Crippen LogP contribution in [0, 0.1) is 5.92 Å². The van der Waals surface area contributed by atoms with Crippen molar-refractivity contribution in [3.63, 3.8) is 0 Å². The fourth-order valence-electron chi connectivity index (χ4n) is 7.02. The minimum atomic E-state index is -1.03. The van der Waals surface area contributed by atoms with Crippen molar-refractivity contribution in [2.75, 3.05) is 60.8 Å². The van der Waals surface area contributed by atoms with Crippen molar-refractivity contribution in [1.82, 2.24) is 30.4 Å². The number of carbonyl (C=O) groups is 3. The number of anilines is 5. The summed E-state index contributed by atoms with van der Waals surface area (Å²) >= 11 is 6.51. The number of amides is 3. The van der Waals surface area contributed by atoms with E-state index in [-0.39, 0.29) is 30.1 Å². The van der Waals surface area contributed by atoms with Gasteiger partial charge in [0.1, 0.15) is 10.8 Å². The van der Waals surface area contributed by atoms with Crippen LogP contribution in [0.3, 0.4) is 0 Å². The number of fused-ring (bicyclic) bond motifs is 2. The SMILES string of the molecule is CNC(=O)COC1=Cc2cc(Nc3nc(NC[C@@H]4CCCN(c5ccc6c(C7CCC(=O)NC7=O)nn(C)c6c5)C4)ncc3Cl)ccc2N(C)C1O. The number of aryl methyl sites for hydroxylation is 1. The molecule has 2 unspecified atom stereocenters. The molecule has 0 aliphatic carbocycles. The fourth-order valence-corrected chi connectivity index (χ4v) is 7.16. The summed E-state index contributed by atoms with van der Waals surface area (Å²) in [7, 11) is 5.15. The maximum Gasteiger partial charge on any atom is 0.257 e. The molecule has 2 aromatic heterocycles. The van der Waals surface area contributed by atoms with Crippen LogP contribution in [0.4, 0.5) is 28.8 Å². The van der Waals surface area contributed by atoms with Gasteiger partial charge in [0.05, 0.1) is 23.3 Å². The summed E-state index contributed by atoms with van der Waals surface area (Å²) in [5, 5.41) is 28.3. The van der Waals surface area contributed by atoms with Gasteiger partial charge >= 0.3 is 0 Å². The molecule has 5 heterocycles. The summed E-state index contributed by atoms with van der Waals surface area (Å²) in [6, 6.07) is 11.9. The first-order valence-electron chi connectivity index (χ1n) is 17.3. The standard InChI is InChI=1S/C36H41ClN10O5/c1-38-31(49)19-52-29-14-21-13-22(6-10-27(21)45(2)35(29)51)41-33-26(37)17-40-36(43-33)39-16-20-5-4-12-47(18-20)23-7-8-24-28(15-23)46(3)44-32(24)25-9-11-30(48)42-34(25)50/h6-8,10,13-15,17,20,25,35,51H,4-5,9,11-12,16,18-19H2,1-3H3,(H,38,49)(H,42,48,50)(H2,39,40,41,43)/t20-,25?,35?/m0/s1. The van der Waals surface area contributed by atoms with E-state index in [2.05, 4.69) is 48.3 Å². The lowest BCUT2D eigenvalue weighted by Gasteiger charge is -2.34. The first-order valence-corrected chi connectivity index (χ1v) is 17.6. The number of hydrogen-bond donors (Lipinski definition) is 5. The van der Waals surface area contributed by atoms with E-state index in [9.17, 15) is 19.5 Å². The van der Waals surface area contributed by atoms with Gasteiger partial charge in [-0.2, -0.15) is 10.1 Å². The van der Waals surface area contributed by atoms with Crippen LogP contribution in [-0.4, -0.2) is 89.1 Å². The van der Waals surface area contributed by atoms with E-state index in [1.807, 2.05) is 36.0 Å². The van der Waals surface area contributed by atoms with Crippen molar-refractivity contribution in [3.05, 3.63) is 64.6 Å². The zero-order valence-corrected chi connectivity index (χ0v) is 29.9. The molecule has 0 spiro atoms. The van der Waals surface area contributed by atoms with Gasteiger partial charge < -0.3 is 35.6 Å². The summed E-state index contributed by atoms with van der Waals surface area (Å²) in [5.41, 5.74) is 5.04. The minimum Gasteiger partial charge on any atom is -0.483 e. The lowest BCUT2D eigenvalue weighted by atomic mass is 9.92. The maximum absolute atomic E-state index is 12.6. The summed E-state index contributed by atoms with van der Waals surface area (Å²) in [6.07, 6.45) is 5.10. The second kappa shape index (κ2) is 14.7. The monoisotopic (exact) mass is 728 g/mol. The molecule has 3 atom stereocenters. The summed E-state index contributed by atoms with van der Waals surface area (Å²) in [5.74, 6) is 0.232. The van der Waals surface area contributed by atoms with Crippen molar-refractivity contribution < 1.29 is 24.2 Å². The number of benzene rings is 2. The maximum atomic E-state index is 12.6. The van der Waals surface area contributed by atoms with E-state index in [0.717, 1.165) is 59.5 Å². The normalized spacial score (nSPS) is 20.2. The van der Waals surface area contributed by atoms with Gasteiger partial charge in [0.25, 0.3) is 5.91 Å². The van der Waals surface area contributed by atoms with Crippen molar-refractivity contribution in [2.24, 2.45) is 13.0 Å². The average molecular weight is 729 g/mol. The number of halogens is 1. The van der Waals surface area contributed by atoms with Crippen LogP contribution in [0.1, 0.15) is 42.9 Å². The van der Waals surface area contributed by atoms with E-state index >= 15 is 0 Å². The van der Waals surface area contributed by atoms with Gasteiger partial charge in [0.2, 0.25) is 17.8 Å². The lowest BCUT2D eigenvalue weighted by Crippen LogP contribution is -2.39. The molecule has 15 nitrogen and oxygen atoms in total. The number of aromatic nitrogens is 4. The number of aliphatic hydroxyl groups excluding tert-OH is 1. The number of likely N-dealkylation sites (N-methyl/N-ethyl adjacent to an activating group) is 2. The Morgan fingerprint density at radius 2 is 2.00 bits per heavy atom. The Labute approximate surface area is 305 Å². The van der Waals surface area contributed by atoms with Gasteiger partial charge in [-0.25, -0.2) is 4.98 Å². The van der Waals surface area contributed by atoms with E-state index in [4.69, 9.17) is 21.4 Å². The molecular formula is C36H41ClN10O5. The molecule has 0 radical (unpaired) electrons. The summed E-state index contributed by atoms with van der Waals surface area (Å²) < 4.78 is 7.40. The third kappa shape index (κ3) is 7.19. The third-order valence-corrected chi connectivity index (χ3v) is 10.1. The van der Waals surface area contributed by atoms with E-state index < -0.39 is 12.1 Å². The molecule has 3 aliphatic rings. The predicted molar refractivity (Wildman–Crippen MR) is 198 cm³/mol. The Balaban J connectivity index is 1.00. The number of nitrogens with one attached hydrogen (secondary N) is 4. The van der Waals surface area contributed by atoms with Gasteiger partial charge in [-0.05, 0) is 67.7 Å². The van der Waals surface area contributed by atoms with E-state index in [0.29, 0.717) is 47.8 Å². The Hall–Kier alpha value is -5.41. The second-order valence-electron chi connectivity index (χ2n) is 13.3. The van der Waals surface area contributed by atoms with Crippen molar-refractivity contribution in [3.8, 4) is 0 Å².